The molecule has 10 heteroatoms. The van der Waals surface area contributed by atoms with Gasteiger partial charge in [-0.3, -0.25) is 19.5 Å². The van der Waals surface area contributed by atoms with Crippen molar-refractivity contribution in [2.24, 2.45) is 0 Å². The normalized spacial score (nSPS) is 11.1. The Morgan fingerprint density at radius 2 is 2.00 bits per heavy atom. The Kier molecular flexibility index (Phi) is 5.25. The lowest BCUT2D eigenvalue weighted by Crippen LogP contribution is -2.21. The topological polar surface area (TPSA) is 89.8 Å². The predicted molar refractivity (Wildman–Crippen MR) is 114 cm³/mol. The minimum absolute atomic E-state index is 0.151. The van der Waals surface area contributed by atoms with Crippen molar-refractivity contribution in [1.82, 2.24) is 19.7 Å². The highest BCUT2D eigenvalue weighted by molar-refractivity contribution is 8.00. The third-order valence-corrected chi connectivity index (χ3v) is 7.13. The molecular weight excluding hydrogens is 414 g/mol. The van der Waals surface area contributed by atoms with E-state index in [0.717, 1.165) is 9.90 Å². The molecule has 0 saturated carbocycles. The summed E-state index contributed by atoms with van der Waals surface area (Å²) in [5.74, 6) is -0.307. The fourth-order valence-corrected chi connectivity index (χ4v) is 4.96. The Morgan fingerprint density at radius 3 is 2.71 bits per heavy atom. The standard InChI is InChI=1S/C18H15N5O2S3/c1-10-12-15(19-9-23(16(12)25)8-11-6-4-3-5-7-11)27-13(10)14(24)20-17-21-22-18(26-2)28-17/h3-7,9H,8H2,1-2H3,(H,20,21,24). The molecule has 0 radical (unpaired) electrons. The van der Waals surface area contributed by atoms with Crippen LogP contribution < -0.4 is 10.9 Å². The van der Waals surface area contributed by atoms with Gasteiger partial charge in [0.1, 0.15) is 4.83 Å². The molecule has 0 aliphatic rings. The summed E-state index contributed by atoms with van der Waals surface area (Å²) in [6.07, 6.45) is 3.43. The summed E-state index contributed by atoms with van der Waals surface area (Å²) in [4.78, 5) is 31.1. The molecule has 142 valence electrons. The first-order valence-corrected chi connectivity index (χ1v) is 11.1. The second-order valence-corrected chi connectivity index (χ2v) is 8.96. The molecule has 0 atom stereocenters. The fourth-order valence-electron chi connectivity index (χ4n) is 2.77. The molecule has 0 spiro atoms. The largest absolute Gasteiger partial charge is 0.296 e. The van der Waals surface area contributed by atoms with Crippen LogP contribution in [0.3, 0.4) is 0 Å². The van der Waals surface area contributed by atoms with E-state index >= 15 is 0 Å². The number of thiophene rings is 1. The zero-order valence-electron chi connectivity index (χ0n) is 15.0. The van der Waals surface area contributed by atoms with Crippen molar-refractivity contribution < 1.29 is 4.79 Å². The highest BCUT2D eigenvalue weighted by Crippen LogP contribution is 2.29. The van der Waals surface area contributed by atoms with Gasteiger partial charge in [0, 0.05) is 0 Å². The zero-order chi connectivity index (χ0) is 19.7. The van der Waals surface area contributed by atoms with Crippen LogP contribution in [0.1, 0.15) is 20.8 Å². The predicted octanol–water partition coefficient (Wildman–Crippen LogP) is 3.64. The van der Waals surface area contributed by atoms with Crippen LogP contribution in [0.5, 0.6) is 0 Å². The van der Waals surface area contributed by atoms with E-state index in [1.54, 1.807) is 11.5 Å². The van der Waals surface area contributed by atoms with E-state index < -0.39 is 0 Å². The number of rotatable bonds is 5. The molecule has 7 nitrogen and oxygen atoms in total. The molecular formula is C18H15N5O2S3. The van der Waals surface area contributed by atoms with Gasteiger partial charge in [-0.15, -0.1) is 21.5 Å². The van der Waals surface area contributed by atoms with Crippen LogP contribution in [0.25, 0.3) is 10.2 Å². The van der Waals surface area contributed by atoms with Crippen LogP contribution in [-0.2, 0) is 6.54 Å². The second-order valence-electron chi connectivity index (χ2n) is 5.93. The molecule has 1 N–H and O–H groups in total. The van der Waals surface area contributed by atoms with Gasteiger partial charge in [0.25, 0.3) is 11.5 Å². The first-order valence-electron chi connectivity index (χ1n) is 8.28. The highest BCUT2D eigenvalue weighted by atomic mass is 32.2. The maximum atomic E-state index is 13.0. The third kappa shape index (κ3) is 3.58. The molecule has 3 heterocycles. The molecule has 0 unspecified atom stereocenters. The van der Waals surface area contributed by atoms with E-state index in [9.17, 15) is 9.59 Å². The van der Waals surface area contributed by atoms with Crippen molar-refractivity contribution in [3.05, 3.63) is 63.0 Å². The molecule has 4 aromatic rings. The molecule has 0 fully saturated rings. The number of hydrogen-bond donors (Lipinski definition) is 1. The number of amides is 1. The van der Waals surface area contributed by atoms with Crippen molar-refractivity contribution in [1.29, 1.82) is 0 Å². The van der Waals surface area contributed by atoms with Crippen LogP contribution in [0.4, 0.5) is 5.13 Å². The maximum absolute atomic E-state index is 13.0. The SMILES string of the molecule is CSc1nnc(NC(=O)c2sc3ncn(Cc4ccccc4)c(=O)c3c2C)s1. The van der Waals surface area contributed by atoms with Gasteiger partial charge in [-0.25, -0.2) is 4.98 Å². The lowest BCUT2D eigenvalue weighted by Gasteiger charge is -2.05. The van der Waals surface area contributed by atoms with Crippen LogP contribution in [0.2, 0.25) is 0 Å². The third-order valence-electron chi connectivity index (χ3n) is 4.12. The minimum Gasteiger partial charge on any atom is -0.296 e. The van der Waals surface area contributed by atoms with Crippen LogP contribution in [0.15, 0.2) is 45.8 Å². The van der Waals surface area contributed by atoms with E-state index in [1.807, 2.05) is 36.6 Å². The number of aromatic nitrogens is 4. The highest BCUT2D eigenvalue weighted by Gasteiger charge is 2.20. The van der Waals surface area contributed by atoms with Gasteiger partial charge in [0.2, 0.25) is 5.13 Å². The maximum Gasteiger partial charge on any atom is 0.267 e. The van der Waals surface area contributed by atoms with Gasteiger partial charge < -0.3 is 0 Å². The Labute approximate surface area is 172 Å². The molecule has 3 aromatic heterocycles. The van der Waals surface area contributed by atoms with Crippen molar-refractivity contribution in [3.63, 3.8) is 0 Å². The van der Waals surface area contributed by atoms with E-state index in [1.165, 1.54) is 40.8 Å². The molecule has 4 rings (SSSR count). The summed E-state index contributed by atoms with van der Waals surface area (Å²) < 4.78 is 2.34. The van der Waals surface area contributed by atoms with Gasteiger partial charge in [-0.1, -0.05) is 53.4 Å². The average Bonchev–Trinajstić information content (AvgIpc) is 3.29. The number of thioether (sulfide) groups is 1. The second kappa shape index (κ2) is 7.82. The summed E-state index contributed by atoms with van der Waals surface area (Å²) >= 11 is 3.98. The molecule has 28 heavy (non-hydrogen) atoms. The lowest BCUT2D eigenvalue weighted by atomic mass is 10.2. The summed E-state index contributed by atoms with van der Waals surface area (Å²) in [6, 6.07) is 9.71. The van der Waals surface area contributed by atoms with Gasteiger partial charge in [0.15, 0.2) is 4.34 Å². The zero-order valence-corrected chi connectivity index (χ0v) is 17.5. The number of fused-ring (bicyclic) bond motifs is 1. The Bertz CT molecular complexity index is 1210. The smallest absolute Gasteiger partial charge is 0.267 e. The number of carbonyl (C=O) groups excluding carboxylic acids is 1. The van der Waals surface area contributed by atoms with Gasteiger partial charge in [-0.05, 0) is 24.3 Å². The van der Waals surface area contributed by atoms with Crippen molar-refractivity contribution in [3.8, 4) is 0 Å². The average molecular weight is 430 g/mol. The van der Waals surface area contributed by atoms with Crippen LogP contribution >= 0.6 is 34.4 Å². The van der Waals surface area contributed by atoms with Crippen LogP contribution in [-0.4, -0.2) is 31.9 Å². The molecule has 0 bridgehead atoms. The van der Waals surface area contributed by atoms with Crippen molar-refractivity contribution in [2.75, 3.05) is 11.6 Å². The quantitative estimate of drug-likeness (QED) is 0.385. The van der Waals surface area contributed by atoms with E-state index in [-0.39, 0.29) is 11.5 Å². The Balaban J connectivity index is 1.67. The summed E-state index contributed by atoms with van der Waals surface area (Å²) in [6.45, 7) is 2.21. The number of benzene rings is 1. The number of aryl methyl sites for hydroxylation is 1. The summed E-state index contributed by atoms with van der Waals surface area (Å²) in [7, 11) is 0. The molecule has 0 aliphatic heterocycles. The van der Waals surface area contributed by atoms with Gasteiger partial charge in [0.05, 0.1) is 23.1 Å². The Hall–Kier alpha value is -2.56. The van der Waals surface area contributed by atoms with Crippen molar-refractivity contribution in [2.45, 2.75) is 17.8 Å². The molecule has 0 saturated heterocycles. The number of anilines is 1. The summed E-state index contributed by atoms with van der Waals surface area (Å²) in [5.41, 5.74) is 1.49. The first kappa shape index (κ1) is 18.8. The van der Waals surface area contributed by atoms with Crippen LogP contribution in [0, 0.1) is 6.92 Å². The first-order chi connectivity index (χ1) is 13.6. The number of nitrogens with one attached hydrogen (secondary N) is 1. The monoisotopic (exact) mass is 429 g/mol. The minimum atomic E-state index is -0.307. The number of hydrogen-bond acceptors (Lipinski definition) is 8. The summed E-state index contributed by atoms with van der Waals surface area (Å²) in [5, 5.41) is 11.6. The van der Waals surface area contributed by atoms with E-state index in [0.29, 0.717) is 32.3 Å². The number of carbonyl (C=O) groups is 1. The van der Waals surface area contributed by atoms with E-state index in [4.69, 9.17) is 0 Å². The molecule has 1 amide bonds. The molecule has 0 aliphatic carbocycles. The lowest BCUT2D eigenvalue weighted by molar-refractivity contribution is 0.103. The van der Waals surface area contributed by atoms with Gasteiger partial charge >= 0.3 is 0 Å². The van der Waals surface area contributed by atoms with E-state index in [2.05, 4.69) is 20.5 Å². The number of nitrogens with zero attached hydrogens (tertiary/aromatic N) is 4. The fraction of sp³-hybridized carbons (Fsp3) is 0.167. The van der Waals surface area contributed by atoms with Gasteiger partial charge in [-0.2, -0.15) is 0 Å². The Morgan fingerprint density at radius 1 is 1.21 bits per heavy atom. The van der Waals surface area contributed by atoms with Crippen molar-refractivity contribution >= 4 is 55.7 Å². The molecule has 1 aromatic carbocycles.